The highest BCUT2D eigenvalue weighted by molar-refractivity contribution is 5.72. The van der Waals surface area contributed by atoms with Crippen LogP contribution < -0.4 is 0 Å². The standard InChI is InChI=1S/C23H43NO6/c1-5-6-7-8-9-10-11-12-13-14-15-22(26)30-19-20(25)18-29-17-16-21(23(27)28)24(2,3)4/h7-8,20-21,25H,5-6,9-19H2,1-4H3/p+1/b8-7-. The number of carbonyl (C=O) groups excluding carboxylic acids is 1. The van der Waals surface area contributed by atoms with Gasteiger partial charge in [0.1, 0.15) is 12.7 Å². The third-order valence-corrected chi connectivity index (χ3v) is 4.88. The first-order valence-corrected chi connectivity index (χ1v) is 11.3. The van der Waals surface area contributed by atoms with Crippen LogP contribution >= 0.6 is 0 Å². The van der Waals surface area contributed by atoms with Crippen LogP contribution in [0.3, 0.4) is 0 Å². The summed E-state index contributed by atoms with van der Waals surface area (Å²) in [6, 6.07) is -0.572. The molecule has 176 valence electrons. The lowest BCUT2D eigenvalue weighted by atomic mass is 10.1. The first kappa shape index (κ1) is 28.6. The van der Waals surface area contributed by atoms with Crippen molar-refractivity contribution < 1.29 is 33.8 Å². The fourth-order valence-corrected chi connectivity index (χ4v) is 3.03. The number of aliphatic carboxylic acids is 1. The van der Waals surface area contributed by atoms with Crippen LogP contribution in [0.5, 0.6) is 0 Å². The van der Waals surface area contributed by atoms with E-state index in [0.717, 1.165) is 32.1 Å². The third kappa shape index (κ3) is 16.4. The molecule has 0 bridgehead atoms. The molecule has 0 aliphatic rings. The molecule has 0 aromatic heterocycles. The Balaban J connectivity index is 3.67. The van der Waals surface area contributed by atoms with Crippen LogP contribution in [0.15, 0.2) is 12.2 Å². The highest BCUT2D eigenvalue weighted by Crippen LogP contribution is 2.10. The zero-order valence-electron chi connectivity index (χ0n) is 19.5. The van der Waals surface area contributed by atoms with Crippen LogP contribution in [0.25, 0.3) is 0 Å². The lowest BCUT2D eigenvalue weighted by Crippen LogP contribution is -2.50. The number of ether oxygens (including phenoxy) is 2. The van der Waals surface area contributed by atoms with Gasteiger partial charge in [-0.2, -0.15) is 0 Å². The Morgan fingerprint density at radius 3 is 2.23 bits per heavy atom. The number of carbonyl (C=O) groups is 2. The number of carboxylic acid groups (broad SMARTS) is 1. The molecule has 0 rings (SSSR count). The molecule has 2 N–H and O–H groups in total. The van der Waals surface area contributed by atoms with E-state index in [9.17, 15) is 19.8 Å². The molecule has 30 heavy (non-hydrogen) atoms. The second-order valence-electron chi connectivity index (χ2n) is 8.74. The molecule has 0 spiro atoms. The van der Waals surface area contributed by atoms with Gasteiger partial charge in [0.05, 0.1) is 34.4 Å². The van der Waals surface area contributed by atoms with E-state index in [1.807, 2.05) is 21.1 Å². The number of esters is 1. The molecule has 0 aromatic carbocycles. The predicted octanol–water partition coefficient (Wildman–Crippen LogP) is 3.54. The Morgan fingerprint density at radius 1 is 0.967 bits per heavy atom. The number of aliphatic hydroxyl groups excluding tert-OH is 1. The Labute approximate surface area is 182 Å². The molecule has 7 heteroatoms. The van der Waals surface area contributed by atoms with Gasteiger partial charge < -0.3 is 24.2 Å². The topological polar surface area (TPSA) is 93.1 Å². The van der Waals surface area contributed by atoms with E-state index in [1.54, 1.807) is 0 Å². The number of unbranched alkanes of at least 4 members (excludes halogenated alkanes) is 6. The molecule has 0 radical (unpaired) electrons. The average Bonchev–Trinajstić information content (AvgIpc) is 2.66. The first-order valence-electron chi connectivity index (χ1n) is 11.3. The van der Waals surface area contributed by atoms with Crippen molar-refractivity contribution in [2.45, 2.75) is 83.3 Å². The molecule has 7 nitrogen and oxygen atoms in total. The maximum Gasteiger partial charge on any atom is 0.362 e. The predicted molar refractivity (Wildman–Crippen MR) is 118 cm³/mol. The maximum atomic E-state index is 11.7. The van der Waals surface area contributed by atoms with Crippen molar-refractivity contribution in [2.24, 2.45) is 0 Å². The molecule has 0 saturated carbocycles. The van der Waals surface area contributed by atoms with Gasteiger partial charge in [-0.3, -0.25) is 4.79 Å². The van der Waals surface area contributed by atoms with E-state index in [0.29, 0.717) is 17.3 Å². The Bertz CT molecular complexity index is 487. The van der Waals surface area contributed by atoms with Crippen LogP contribution in [-0.2, 0) is 19.1 Å². The molecule has 0 aliphatic carbocycles. The zero-order valence-corrected chi connectivity index (χ0v) is 19.5. The minimum Gasteiger partial charge on any atom is -0.477 e. The molecule has 0 amide bonds. The second kappa shape index (κ2) is 17.3. The minimum atomic E-state index is -0.901. The number of rotatable bonds is 19. The van der Waals surface area contributed by atoms with E-state index in [2.05, 4.69) is 19.1 Å². The summed E-state index contributed by atoms with van der Waals surface area (Å²) in [5.74, 6) is -1.17. The van der Waals surface area contributed by atoms with Gasteiger partial charge >= 0.3 is 11.9 Å². The summed E-state index contributed by atoms with van der Waals surface area (Å²) in [4.78, 5) is 23.0. The van der Waals surface area contributed by atoms with Crippen LogP contribution in [0.2, 0.25) is 0 Å². The quantitative estimate of drug-likeness (QED) is 0.141. The van der Waals surface area contributed by atoms with Gasteiger partial charge in [0.25, 0.3) is 0 Å². The lowest BCUT2D eigenvalue weighted by molar-refractivity contribution is -0.887. The Hall–Kier alpha value is -1.44. The number of hydrogen-bond donors (Lipinski definition) is 2. The average molecular weight is 431 g/mol. The van der Waals surface area contributed by atoms with Gasteiger partial charge in [0.15, 0.2) is 6.04 Å². The van der Waals surface area contributed by atoms with Gasteiger partial charge in [-0.05, 0) is 25.7 Å². The summed E-state index contributed by atoms with van der Waals surface area (Å²) in [5, 5.41) is 19.1. The molecule has 0 heterocycles. The summed E-state index contributed by atoms with van der Waals surface area (Å²) < 4.78 is 10.7. The van der Waals surface area contributed by atoms with Crippen molar-refractivity contribution in [3.8, 4) is 0 Å². The number of hydrogen-bond acceptors (Lipinski definition) is 5. The molecular weight excluding hydrogens is 386 g/mol. The molecule has 2 atom stereocenters. The largest absolute Gasteiger partial charge is 0.477 e. The SMILES string of the molecule is CCC/C=C\CCCCCCCC(=O)OCC(O)COCCC(C(=O)O)[N+](C)(C)C. The summed E-state index contributed by atoms with van der Waals surface area (Å²) in [6.45, 7) is 2.33. The van der Waals surface area contributed by atoms with Crippen molar-refractivity contribution in [1.29, 1.82) is 0 Å². The summed E-state index contributed by atoms with van der Waals surface area (Å²) in [6.07, 6.45) is 13.1. The van der Waals surface area contributed by atoms with Crippen LogP contribution in [0, 0.1) is 0 Å². The minimum absolute atomic E-state index is 0.0173. The fourth-order valence-electron chi connectivity index (χ4n) is 3.03. The lowest BCUT2D eigenvalue weighted by Gasteiger charge is -2.31. The van der Waals surface area contributed by atoms with E-state index < -0.39 is 18.1 Å². The van der Waals surface area contributed by atoms with Crippen LogP contribution in [0.4, 0.5) is 0 Å². The van der Waals surface area contributed by atoms with Gasteiger partial charge in [-0.15, -0.1) is 0 Å². The number of likely N-dealkylation sites (N-methyl/N-ethyl adjacent to an activating group) is 1. The number of carboxylic acids is 1. The molecular formula is C23H44NO6+. The van der Waals surface area contributed by atoms with Crippen LogP contribution in [0.1, 0.15) is 71.1 Å². The van der Waals surface area contributed by atoms with Crippen molar-refractivity contribution in [1.82, 2.24) is 0 Å². The van der Waals surface area contributed by atoms with Crippen molar-refractivity contribution in [3.63, 3.8) is 0 Å². The molecule has 0 saturated heterocycles. The smallest absolute Gasteiger partial charge is 0.362 e. The molecule has 0 aromatic rings. The summed E-state index contributed by atoms with van der Waals surface area (Å²) in [7, 11) is 5.46. The van der Waals surface area contributed by atoms with Gasteiger partial charge in [-0.1, -0.05) is 44.8 Å². The number of aliphatic hydroxyl groups is 1. The Morgan fingerprint density at radius 2 is 1.60 bits per heavy atom. The Kier molecular flexibility index (Phi) is 16.4. The third-order valence-electron chi connectivity index (χ3n) is 4.88. The van der Waals surface area contributed by atoms with E-state index >= 15 is 0 Å². The highest BCUT2D eigenvalue weighted by Gasteiger charge is 2.30. The van der Waals surface area contributed by atoms with Crippen LogP contribution in [-0.4, -0.2) is 79.7 Å². The van der Waals surface area contributed by atoms with Gasteiger partial charge in [-0.25, -0.2) is 4.79 Å². The molecule has 2 unspecified atom stereocenters. The van der Waals surface area contributed by atoms with Gasteiger partial charge in [0, 0.05) is 12.8 Å². The number of nitrogens with zero attached hydrogens (tertiary/aromatic N) is 1. The fraction of sp³-hybridized carbons (Fsp3) is 0.826. The van der Waals surface area contributed by atoms with E-state index in [1.165, 1.54) is 19.3 Å². The second-order valence-corrected chi connectivity index (χ2v) is 8.74. The highest BCUT2D eigenvalue weighted by atomic mass is 16.5. The first-order chi connectivity index (χ1) is 14.2. The van der Waals surface area contributed by atoms with Crippen molar-refractivity contribution in [2.75, 3.05) is 41.0 Å². The monoisotopic (exact) mass is 430 g/mol. The van der Waals surface area contributed by atoms with Crippen molar-refractivity contribution in [3.05, 3.63) is 12.2 Å². The van der Waals surface area contributed by atoms with E-state index in [4.69, 9.17) is 9.47 Å². The number of allylic oxidation sites excluding steroid dienone is 2. The normalized spacial score (nSPS) is 14.0. The molecule has 0 aliphatic heterocycles. The number of quaternary nitrogens is 1. The summed E-state index contributed by atoms with van der Waals surface area (Å²) >= 11 is 0. The summed E-state index contributed by atoms with van der Waals surface area (Å²) in [5.41, 5.74) is 0. The van der Waals surface area contributed by atoms with E-state index in [-0.39, 0.29) is 25.8 Å². The zero-order chi connectivity index (χ0) is 22.8. The van der Waals surface area contributed by atoms with Crippen molar-refractivity contribution >= 4 is 11.9 Å². The van der Waals surface area contributed by atoms with Gasteiger partial charge in [0.2, 0.25) is 0 Å². The maximum absolute atomic E-state index is 11.7. The molecule has 0 fully saturated rings.